The van der Waals surface area contributed by atoms with Gasteiger partial charge < -0.3 is 19.8 Å². The van der Waals surface area contributed by atoms with Gasteiger partial charge in [0.25, 0.3) is 0 Å². The molecule has 3 aliphatic rings. The molecule has 1 atom stereocenters. The number of nitrogens with zero attached hydrogens (tertiary/aromatic N) is 5. The molecule has 0 radical (unpaired) electrons. The number of β-amino-alcohol motifs (C(OH)–C–C–N with tert-alkyl or cyclic N) is 1. The van der Waals surface area contributed by atoms with Crippen LogP contribution in [0.1, 0.15) is 48.1 Å². The Hall–Kier alpha value is -2.97. The van der Waals surface area contributed by atoms with Crippen LogP contribution in [-0.2, 0) is 24.3 Å². The minimum Gasteiger partial charge on any atom is -0.390 e. The fourth-order valence-electron chi connectivity index (χ4n) is 5.76. The number of aliphatic hydroxyl groups excluding tert-OH is 1. The molecule has 2 fully saturated rings. The molecule has 36 heavy (non-hydrogen) atoms. The molecule has 0 aliphatic carbocycles. The van der Waals surface area contributed by atoms with Crippen LogP contribution in [-0.4, -0.2) is 93.5 Å². The molecular formula is C28H37N5O3. The molecule has 0 unspecified atom stereocenters. The topological polar surface area (TPSA) is 80.2 Å². The van der Waals surface area contributed by atoms with E-state index in [0.717, 1.165) is 51.1 Å². The van der Waals surface area contributed by atoms with Crippen molar-refractivity contribution in [3.05, 3.63) is 65.0 Å². The van der Waals surface area contributed by atoms with Crippen LogP contribution in [0.5, 0.6) is 0 Å². The van der Waals surface area contributed by atoms with Crippen LogP contribution in [0, 0.1) is 0 Å². The van der Waals surface area contributed by atoms with Gasteiger partial charge in [-0.05, 0) is 47.9 Å². The second kappa shape index (κ2) is 11.0. The molecule has 0 saturated carbocycles. The molecule has 5 rings (SSSR count). The smallest absolute Gasteiger partial charge is 0.320 e. The number of hydrogen-bond acceptors (Lipinski definition) is 5. The van der Waals surface area contributed by atoms with Gasteiger partial charge in [0.1, 0.15) is 0 Å². The first-order valence-electron chi connectivity index (χ1n) is 13.2. The lowest BCUT2D eigenvalue weighted by molar-refractivity contribution is -0.129. The Bertz CT molecular complexity index is 1070. The minimum absolute atomic E-state index is 0.0273. The van der Waals surface area contributed by atoms with Crippen molar-refractivity contribution in [1.29, 1.82) is 0 Å². The van der Waals surface area contributed by atoms with Crippen molar-refractivity contribution in [3.63, 3.8) is 0 Å². The molecule has 8 nitrogen and oxygen atoms in total. The SMILES string of the molecule is CC(=O)N1CCC(c2ccc(CN3CCN(C[C@@H](O)CN4CCc5ccccc5C4)C3=O)nc2)CC1. The summed E-state index contributed by atoms with van der Waals surface area (Å²) in [7, 11) is 0. The number of aromatic nitrogens is 1. The minimum atomic E-state index is -0.564. The number of likely N-dealkylation sites (tertiary alicyclic amines) is 1. The number of benzene rings is 1. The van der Waals surface area contributed by atoms with Crippen LogP contribution >= 0.6 is 0 Å². The Balaban J connectivity index is 1.08. The third-order valence-electron chi connectivity index (χ3n) is 7.90. The fourth-order valence-corrected chi connectivity index (χ4v) is 5.76. The summed E-state index contributed by atoms with van der Waals surface area (Å²) in [5, 5.41) is 10.7. The van der Waals surface area contributed by atoms with E-state index in [4.69, 9.17) is 0 Å². The highest BCUT2D eigenvalue weighted by Gasteiger charge is 2.31. The maximum absolute atomic E-state index is 13.0. The van der Waals surface area contributed by atoms with Gasteiger partial charge in [-0.25, -0.2) is 4.79 Å². The highest BCUT2D eigenvalue weighted by atomic mass is 16.3. The first kappa shape index (κ1) is 24.7. The molecule has 2 aromatic rings. The molecule has 2 saturated heterocycles. The molecule has 3 aliphatic heterocycles. The fraction of sp³-hybridized carbons (Fsp3) is 0.536. The van der Waals surface area contributed by atoms with Crippen LogP contribution in [0.4, 0.5) is 4.79 Å². The molecule has 1 aromatic carbocycles. The summed E-state index contributed by atoms with van der Waals surface area (Å²) in [6.45, 7) is 7.72. The van der Waals surface area contributed by atoms with Crippen LogP contribution in [0.25, 0.3) is 0 Å². The first-order chi connectivity index (χ1) is 17.5. The van der Waals surface area contributed by atoms with Gasteiger partial charge in [-0.15, -0.1) is 0 Å². The highest BCUT2D eigenvalue weighted by molar-refractivity contribution is 5.76. The standard InChI is InChI=1S/C28H37N5O3/c1-21(34)31-12-9-23(10-13-31)24-6-7-26(29-16-24)18-32-14-15-33(28(32)36)20-27(35)19-30-11-8-22-4-2-3-5-25(22)17-30/h2-7,16,23,27,35H,8-15,17-20H2,1H3/t27-/m0/s1. The van der Waals surface area contributed by atoms with E-state index in [2.05, 4.69) is 40.2 Å². The number of piperidine rings is 1. The number of pyridine rings is 1. The van der Waals surface area contributed by atoms with E-state index in [1.165, 1.54) is 16.7 Å². The quantitative estimate of drug-likeness (QED) is 0.644. The normalized spacial score (nSPS) is 20.1. The number of carbonyl (C=O) groups is 2. The second-order valence-electron chi connectivity index (χ2n) is 10.4. The van der Waals surface area contributed by atoms with Gasteiger partial charge in [-0.3, -0.25) is 14.7 Å². The van der Waals surface area contributed by atoms with Crippen LogP contribution < -0.4 is 0 Å². The van der Waals surface area contributed by atoms with Gasteiger partial charge in [0.2, 0.25) is 5.91 Å². The predicted molar refractivity (Wildman–Crippen MR) is 137 cm³/mol. The molecule has 8 heteroatoms. The van der Waals surface area contributed by atoms with E-state index >= 15 is 0 Å². The highest BCUT2D eigenvalue weighted by Crippen LogP contribution is 2.28. The van der Waals surface area contributed by atoms with E-state index in [9.17, 15) is 14.7 Å². The average Bonchev–Trinajstić information content (AvgIpc) is 3.22. The van der Waals surface area contributed by atoms with Crippen molar-refractivity contribution in [2.45, 2.75) is 51.3 Å². The average molecular weight is 492 g/mol. The molecule has 1 N–H and O–H groups in total. The van der Waals surface area contributed by atoms with Gasteiger partial charge in [-0.1, -0.05) is 30.3 Å². The summed E-state index contributed by atoms with van der Waals surface area (Å²) in [6.07, 6.45) is 4.30. The number of rotatable bonds is 7. The van der Waals surface area contributed by atoms with Crippen molar-refractivity contribution in [3.8, 4) is 0 Å². The Morgan fingerprint density at radius 3 is 2.47 bits per heavy atom. The number of hydrogen-bond donors (Lipinski definition) is 1. The Morgan fingerprint density at radius 1 is 1.00 bits per heavy atom. The van der Waals surface area contributed by atoms with Gasteiger partial charge >= 0.3 is 6.03 Å². The van der Waals surface area contributed by atoms with E-state index < -0.39 is 6.10 Å². The zero-order valence-electron chi connectivity index (χ0n) is 21.2. The maximum Gasteiger partial charge on any atom is 0.320 e. The van der Waals surface area contributed by atoms with Crippen molar-refractivity contribution < 1.29 is 14.7 Å². The summed E-state index contributed by atoms with van der Waals surface area (Å²) in [6, 6.07) is 12.6. The molecule has 192 valence electrons. The third-order valence-corrected chi connectivity index (χ3v) is 7.90. The van der Waals surface area contributed by atoms with Gasteiger partial charge in [-0.2, -0.15) is 0 Å². The number of amides is 3. The summed E-state index contributed by atoms with van der Waals surface area (Å²) in [5.41, 5.74) is 4.82. The second-order valence-corrected chi connectivity index (χ2v) is 10.4. The van der Waals surface area contributed by atoms with Crippen molar-refractivity contribution in [2.24, 2.45) is 0 Å². The van der Waals surface area contributed by atoms with Gasteiger partial charge in [0.05, 0.1) is 18.3 Å². The van der Waals surface area contributed by atoms with E-state index in [-0.39, 0.29) is 11.9 Å². The summed E-state index contributed by atoms with van der Waals surface area (Å²) >= 11 is 0. The van der Waals surface area contributed by atoms with E-state index in [1.54, 1.807) is 11.8 Å². The molecule has 3 amide bonds. The number of urea groups is 1. The van der Waals surface area contributed by atoms with Crippen LogP contribution in [0.3, 0.4) is 0 Å². The Morgan fingerprint density at radius 2 is 1.75 bits per heavy atom. The molecule has 4 heterocycles. The Kier molecular flexibility index (Phi) is 7.53. The predicted octanol–water partition coefficient (Wildman–Crippen LogP) is 2.46. The largest absolute Gasteiger partial charge is 0.390 e. The molecule has 1 aromatic heterocycles. The van der Waals surface area contributed by atoms with Crippen molar-refractivity contribution in [1.82, 2.24) is 24.6 Å². The van der Waals surface area contributed by atoms with Crippen molar-refractivity contribution in [2.75, 3.05) is 45.8 Å². The summed E-state index contributed by atoms with van der Waals surface area (Å²) in [4.78, 5) is 36.9. The van der Waals surface area contributed by atoms with Crippen LogP contribution in [0.15, 0.2) is 42.6 Å². The zero-order chi connectivity index (χ0) is 25.1. The lowest BCUT2D eigenvalue weighted by Crippen LogP contribution is -2.43. The molecule has 0 bridgehead atoms. The first-order valence-corrected chi connectivity index (χ1v) is 13.2. The number of carbonyl (C=O) groups excluding carboxylic acids is 2. The van der Waals surface area contributed by atoms with E-state index in [1.807, 2.05) is 22.1 Å². The lowest BCUT2D eigenvalue weighted by atomic mass is 9.90. The Labute approximate surface area is 213 Å². The number of aliphatic hydroxyl groups is 1. The maximum atomic E-state index is 13.0. The van der Waals surface area contributed by atoms with Gasteiger partial charge in [0, 0.05) is 65.5 Å². The third kappa shape index (κ3) is 5.71. The number of fused-ring (bicyclic) bond motifs is 1. The van der Waals surface area contributed by atoms with Crippen LogP contribution in [0.2, 0.25) is 0 Å². The van der Waals surface area contributed by atoms with E-state index in [0.29, 0.717) is 38.6 Å². The zero-order valence-corrected chi connectivity index (χ0v) is 21.2. The summed E-state index contributed by atoms with van der Waals surface area (Å²) < 4.78 is 0. The summed E-state index contributed by atoms with van der Waals surface area (Å²) in [5.74, 6) is 0.581. The van der Waals surface area contributed by atoms with Gasteiger partial charge in [0.15, 0.2) is 0 Å². The monoisotopic (exact) mass is 491 g/mol. The molecular weight excluding hydrogens is 454 g/mol. The van der Waals surface area contributed by atoms with Crippen molar-refractivity contribution >= 4 is 11.9 Å². The molecule has 0 spiro atoms. The lowest BCUT2D eigenvalue weighted by Gasteiger charge is -2.31.